The zero-order valence-corrected chi connectivity index (χ0v) is 18.6. The lowest BCUT2D eigenvalue weighted by atomic mass is 10.0. The van der Waals surface area contributed by atoms with Crippen LogP contribution < -0.4 is 10.1 Å². The van der Waals surface area contributed by atoms with Gasteiger partial charge in [-0.15, -0.1) is 0 Å². The molecule has 32 heavy (non-hydrogen) atoms. The summed E-state index contributed by atoms with van der Waals surface area (Å²) in [5.41, 5.74) is 1.72. The van der Waals surface area contributed by atoms with Crippen molar-refractivity contribution < 1.29 is 22.7 Å². The van der Waals surface area contributed by atoms with Crippen LogP contribution in [0.3, 0.4) is 0 Å². The minimum Gasteiger partial charge on any atom is -0.484 e. The number of rotatable bonds is 7. The summed E-state index contributed by atoms with van der Waals surface area (Å²) in [6.45, 7) is -0.240. The number of ether oxygens (including phenoxy) is 1. The summed E-state index contributed by atoms with van der Waals surface area (Å²) in [5, 5.41) is 3.00. The molecule has 0 fully saturated rings. The molecular weight excluding hydrogens is 448 g/mol. The number of benzene rings is 3. The maximum Gasteiger partial charge on any atom is 0.264 e. The zero-order valence-electron chi connectivity index (χ0n) is 16.9. The Morgan fingerprint density at radius 2 is 1.66 bits per heavy atom. The second-order valence-electron chi connectivity index (χ2n) is 6.98. The number of sulfone groups is 1. The van der Waals surface area contributed by atoms with E-state index in [4.69, 9.17) is 4.74 Å². The van der Waals surface area contributed by atoms with Crippen LogP contribution in [0.1, 0.15) is 15.9 Å². The smallest absolute Gasteiger partial charge is 0.264 e. The largest absolute Gasteiger partial charge is 0.484 e. The van der Waals surface area contributed by atoms with Gasteiger partial charge in [-0.3, -0.25) is 14.9 Å². The summed E-state index contributed by atoms with van der Waals surface area (Å²) >= 11 is 1.18. The molecule has 0 radical (unpaired) electrons. The Hall–Kier alpha value is -3.56. The quantitative estimate of drug-likeness (QED) is 0.414. The Bertz CT molecular complexity index is 1400. The molecule has 3 aromatic carbocycles. The first-order valence-corrected chi connectivity index (χ1v) is 12.2. The first-order valence-electron chi connectivity index (χ1n) is 9.53. The van der Waals surface area contributed by atoms with Crippen molar-refractivity contribution in [1.82, 2.24) is 4.98 Å². The van der Waals surface area contributed by atoms with Crippen LogP contribution in [-0.2, 0) is 14.6 Å². The maximum absolute atomic E-state index is 12.4. The predicted octanol–water partition coefficient (Wildman–Crippen LogP) is 3.95. The van der Waals surface area contributed by atoms with E-state index in [0.29, 0.717) is 32.2 Å². The minimum absolute atomic E-state index is 0.0928. The summed E-state index contributed by atoms with van der Waals surface area (Å²) in [4.78, 5) is 29.1. The van der Waals surface area contributed by atoms with Gasteiger partial charge in [0.15, 0.2) is 27.4 Å². The van der Waals surface area contributed by atoms with Crippen LogP contribution in [0.4, 0.5) is 5.13 Å². The lowest BCUT2D eigenvalue weighted by Gasteiger charge is -2.07. The Morgan fingerprint density at radius 1 is 0.969 bits per heavy atom. The molecule has 0 saturated heterocycles. The topological polar surface area (TPSA) is 102 Å². The second kappa shape index (κ2) is 8.89. The number of thiazole rings is 1. The fourth-order valence-corrected chi connectivity index (χ4v) is 4.60. The van der Waals surface area contributed by atoms with E-state index in [2.05, 4.69) is 10.3 Å². The van der Waals surface area contributed by atoms with Crippen molar-refractivity contribution in [3.8, 4) is 5.75 Å². The first kappa shape index (κ1) is 21.7. The van der Waals surface area contributed by atoms with Gasteiger partial charge in [-0.05, 0) is 42.5 Å². The molecule has 1 amide bonds. The van der Waals surface area contributed by atoms with E-state index < -0.39 is 15.7 Å². The summed E-state index contributed by atoms with van der Waals surface area (Å²) in [6, 6.07) is 20.1. The molecule has 0 atom stereocenters. The van der Waals surface area contributed by atoms with Gasteiger partial charge in [0.2, 0.25) is 0 Å². The number of carbonyl (C=O) groups is 2. The van der Waals surface area contributed by atoms with E-state index >= 15 is 0 Å². The molecule has 162 valence electrons. The van der Waals surface area contributed by atoms with Crippen LogP contribution >= 0.6 is 11.3 Å². The molecule has 0 unspecified atom stereocenters. The minimum atomic E-state index is -3.32. The van der Waals surface area contributed by atoms with Gasteiger partial charge in [0.1, 0.15) is 5.75 Å². The summed E-state index contributed by atoms with van der Waals surface area (Å²) in [7, 11) is -3.32. The van der Waals surface area contributed by atoms with Gasteiger partial charge in [-0.1, -0.05) is 41.7 Å². The van der Waals surface area contributed by atoms with Gasteiger partial charge >= 0.3 is 0 Å². The second-order valence-corrected chi connectivity index (χ2v) is 10.0. The van der Waals surface area contributed by atoms with Gasteiger partial charge in [0, 0.05) is 17.4 Å². The van der Waals surface area contributed by atoms with E-state index in [0.717, 1.165) is 6.26 Å². The molecule has 0 aliphatic carbocycles. The zero-order chi connectivity index (χ0) is 22.7. The highest BCUT2D eigenvalue weighted by molar-refractivity contribution is 7.90. The highest BCUT2D eigenvalue weighted by atomic mass is 32.2. The van der Waals surface area contributed by atoms with Gasteiger partial charge in [0.05, 0.1) is 15.1 Å². The SMILES string of the molecule is CS(=O)(=O)c1ccc2nc(NC(=O)COc3ccc(C(=O)c4ccccc4)cc3)sc2c1. The van der Waals surface area contributed by atoms with Crippen LogP contribution in [0.5, 0.6) is 5.75 Å². The van der Waals surface area contributed by atoms with Crippen molar-refractivity contribution in [1.29, 1.82) is 0 Å². The molecule has 0 saturated carbocycles. The van der Waals surface area contributed by atoms with Crippen molar-refractivity contribution in [2.45, 2.75) is 4.90 Å². The number of hydrogen-bond donors (Lipinski definition) is 1. The molecule has 0 bridgehead atoms. The van der Waals surface area contributed by atoms with Gasteiger partial charge < -0.3 is 4.74 Å². The van der Waals surface area contributed by atoms with E-state index in [1.54, 1.807) is 54.6 Å². The molecule has 4 aromatic rings. The van der Waals surface area contributed by atoms with Crippen LogP contribution in [-0.4, -0.2) is 38.0 Å². The lowest BCUT2D eigenvalue weighted by Crippen LogP contribution is -2.20. The average molecular weight is 467 g/mol. The van der Waals surface area contributed by atoms with E-state index in [9.17, 15) is 18.0 Å². The normalized spacial score (nSPS) is 11.3. The molecule has 1 N–H and O–H groups in total. The number of anilines is 1. The number of amides is 1. The molecule has 7 nitrogen and oxygen atoms in total. The fourth-order valence-electron chi connectivity index (χ4n) is 2.95. The van der Waals surface area contributed by atoms with Crippen LogP contribution in [0, 0.1) is 0 Å². The number of nitrogens with one attached hydrogen (secondary N) is 1. The molecule has 0 spiro atoms. The predicted molar refractivity (Wildman–Crippen MR) is 123 cm³/mol. The third-order valence-electron chi connectivity index (χ3n) is 4.56. The highest BCUT2D eigenvalue weighted by Crippen LogP contribution is 2.28. The number of carbonyl (C=O) groups excluding carboxylic acids is 2. The molecular formula is C23H18N2O5S2. The Kier molecular flexibility index (Phi) is 6.02. The molecule has 1 aromatic heterocycles. The van der Waals surface area contributed by atoms with Crippen LogP contribution in [0.15, 0.2) is 77.7 Å². The third-order valence-corrected chi connectivity index (χ3v) is 6.60. The molecule has 4 rings (SSSR count). The number of aromatic nitrogens is 1. The average Bonchev–Trinajstić information content (AvgIpc) is 3.19. The van der Waals surface area contributed by atoms with Crippen molar-refractivity contribution >= 4 is 48.2 Å². The van der Waals surface area contributed by atoms with Crippen molar-refractivity contribution in [2.24, 2.45) is 0 Å². The Labute approximate surface area is 188 Å². The monoisotopic (exact) mass is 466 g/mol. The van der Waals surface area contributed by atoms with Crippen LogP contribution in [0.2, 0.25) is 0 Å². The molecule has 0 aliphatic heterocycles. The molecule has 9 heteroatoms. The number of hydrogen-bond acceptors (Lipinski definition) is 7. The highest BCUT2D eigenvalue weighted by Gasteiger charge is 2.13. The Morgan fingerprint density at radius 3 is 2.34 bits per heavy atom. The molecule has 0 aliphatic rings. The van der Waals surface area contributed by atoms with Gasteiger partial charge in [-0.2, -0.15) is 0 Å². The standard InChI is InChI=1S/C23H18N2O5S2/c1-32(28,29)18-11-12-19-20(13-18)31-23(24-19)25-21(26)14-30-17-9-7-16(8-10-17)22(27)15-5-3-2-4-6-15/h2-13H,14H2,1H3,(H,24,25,26). The fraction of sp³-hybridized carbons (Fsp3) is 0.0870. The van der Waals surface area contributed by atoms with Gasteiger partial charge in [-0.25, -0.2) is 13.4 Å². The maximum atomic E-state index is 12.4. The lowest BCUT2D eigenvalue weighted by molar-refractivity contribution is -0.118. The number of fused-ring (bicyclic) bond motifs is 1. The van der Waals surface area contributed by atoms with Crippen molar-refractivity contribution in [2.75, 3.05) is 18.2 Å². The summed E-state index contributed by atoms with van der Waals surface area (Å²) < 4.78 is 29.5. The first-order chi connectivity index (χ1) is 15.3. The van der Waals surface area contributed by atoms with E-state index in [1.165, 1.54) is 23.5 Å². The summed E-state index contributed by atoms with van der Waals surface area (Å²) in [5.74, 6) is -0.0477. The Balaban J connectivity index is 1.36. The third kappa shape index (κ3) is 5.01. The number of nitrogens with zero attached hydrogens (tertiary/aromatic N) is 1. The molecule has 1 heterocycles. The van der Waals surface area contributed by atoms with E-state index in [-0.39, 0.29) is 17.3 Å². The van der Waals surface area contributed by atoms with E-state index in [1.807, 2.05) is 6.07 Å². The van der Waals surface area contributed by atoms with Gasteiger partial charge in [0.25, 0.3) is 5.91 Å². The van der Waals surface area contributed by atoms with Crippen molar-refractivity contribution in [3.63, 3.8) is 0 Å². The van der Waals surface area contributed by atoms with Crippen LogP contribution in [0.25, 0.3) is 10.2 Å². The van der Waals surface area contributed by atoms with Crippen molar-refractivity contribution in [3.05, 3.63) is 83.9 Å². The summed E-state index contributed by atoms with van der Waals surface area (Å²) in [6.07, 6.45) is 1.14. The number of ketones is 1.